The molecular weight excluding hydrogens is 331 g/mol. The largest absolute Gasteiger partial charge is 0.386 e. The summed E-state index contributed by atoms with van der Waals surface area (Å²) in [5.74, 6) is 2.14. The zero-order chi connectivity index (χ0) is 15.2. The van der Waals surface area contributed by atoms with Gasteiger partial charge in [-0.1, -0.05) is 29.3 Å². The molecule has 7 heteroatoms. The molecule has 4 nitrogen and oxygen atoms in total. The number of benzene rings is 1. The van der Waals surface area contributed by atoms with Crippen molar-refractivity contribution in [2.24, 2.45) is 0 Å². The third-order valence-electron chi connectivity index (χ3n) is 3.35. The summed E-state index contributed by atoms with van der Waals surface area (Å²) in [7, 11) is 0. The van der Waals surface area contributed by atoms with Gasteiger partial charge in [0.2, 0.25) is 0 Å². The third kappa shape index (κ3) is 4.95. The van der Waals surface area contributed by atoms with Gasteiger partial charge in [0.25, 0.3) is 0 Å². The number of carbonyl (C=O) groups is 1. The van der Waals surface area contributed by atoms with E-state index in [1.165, 1.54) is 0 Å². The van der Waals surface area contributed by atoms with Crippen molar-refractivity contribution in [2.75, 3.05) is 18.1 Å². The highest BCUT2D eigenvalue weighted by Crippen LogP contribution is 2.29. The number of carbonyl (C=O) groups excluding carboxylic acids is 1. The second-order valence-electron chi connectivity index (χ2n) is 4.89. The molecule has 0 aromatic heterocycles. The number of rotatable bonds is 4. The molecule has 1 saturated heterocycles. The maximum atomic E-state index is 11.8. The average molecular weight is 349 g/mol. The van der Waals surface area contributed by atoms with Crippen LogP contribution in [0.3, 0.4) is 0 Å². The van der Waals surface area contributed by atoms with E-state index in [0.717, 1.165) is 24.3 Å². The topological polar surface area (TPSA) is 61.4 Å². The van der Waals surface area contributed by atoms with Crippen molar-refractivity contribution in [1.82, 2.24) is 10.6 Å². The molecule has 1 atom stereocenters. The molecule has 0 saturated carbocycles. The fourth-order valence-corrected chi connectivity index (χ4v) is 3.95. The lowest BCUT2D eigenvalue weighted by atomic mass is 10.1. The summed E-state index contributed by atoms with van der Waals surface area (Å²) < 4.78 is 0. The van der Waals surface area contributed by atoms with E-state index in [1.807, 2.05) is 11.8 Å². The van der Waals surface area contributed by atoms with Crippen LogP contribution in [0.2, 0.25) is 10.0 Å². The van der Waals surface area contributed by atoms with Crippen molar-refractivity contribution in [3.63, 3.8) is 0 Å². The van der Waals surface area contributed by atoms with Crippen molar-refractivity contribution in [3.8, 4) is 0 Å². The molecule has 1 aromatic rings. The number of amides is 2. The molecular formula is C14H18Cl2N2O2S. The number of urea groups is 1. The van der Waals surface area contributed by atoms with Crippen LogP contribution >= 0.6 is 35.0 Å². The molecule has 2 amide bonds. The van der Waals surface area contributed by atoms with Gasteiger partial charge in [-0.2, -0.15) is 11.8 Å². The molecule has 0 radical (unpaired) electrons. The van der Waals surface area contributed by atoms with E-state index in [1.54, 1.807) is 18.2 Å². The van der Waals surface area contributed by atoms with Crippen LogP contribution in [0.25, 0.3) is 0 Å². The van der Waals surface area contributed by atoms with Gasteiger partial charge in [-0.3, -0.25) is 0 Å². The minimum atomic E-state index is -0.932. The first-order valence-electron chi connectivity index (χ1n) is 6.82. The molecule has 0 bridgehead atoms. The summed E-state index contributed by atoms with van der Waals surface area (Å²) in [5, 5.41) is 16.5. The van der Waals surface area contributed by atoms with Crippen LogP contribution in [0.5, 0.6) is 0 Å². The van der Waals surface area contributed by atoms with Crippen LogP contribution in [0, 0.1) is 0 Å². The van der Waals surface area contributed by atoms with E-state index < -0.39 is 6.10 Å². The summed E-state index contributed by atoms with van der Waals surface area (Å²) in [4.78, 5) is 11.8. The Balaban J connectivity index is 1.83. The lowest BCUT2D eigenvalue weighted by Crippen LogP contribution is -2.44. The summed E-state index contributed by atoms with van der Waals surface area (Å²) in [5.41, 5.74) is 0.440. The predicted octanol–water partition coefficient (Wildman–Crippen LogP) is 3.22. The first-order valence-corrected chi connectivity index (χ1v) is 8.73. The maximum Gasteiger partial charge on any atom is 0.315 e. The van der Waals surface area contributed by atoms with Gasteiger partial charge in [-0.25, -0.2) is 4.79 Å². The number of nitrogens with one attached hydrogen (secondary N) is 2. The average Bonchev–Trinajstić information content (AvgIpc) is 2.46. The van der Waals surface area contributed by atoms with Crippen LogP contribution in [-0.4, -0.2) is 35.2 Å². The zero-order valence-electron chi connectivity index (χ0n) is 11.4. The van der Waals surface area contributed by atoms with Crippen molar-refractivity contribution in [3.05, 3.63) is 33.8 Å². The van der Waals surface area contributed by atoms with E-state index in [-0.39, 0.29) is 18.6 Å². The summed E-state index contributed by atoms with van der Waals surface area (Å²) >= 11 is 13.9. The van der Waals surface area contributed by atoms with Crippen LogP contribution < -0.4 is 10.6 Å². The Hall–Kier alpha value is -0.620. The Morgan fingerprint density at radius 1 is 1.33 bits per heavy atom. The van der Waals surface area contributed by atoms with Gasteiger partial charge in [0.1, 0.15) is 0 Å². The second-order valence-corrected chi connectivity index (χ2v) is 6.93. The van der Waals surface area contributed by atoms with Crippen LogP contribution in [0.4, 0.5) is 4.79 Å². The molecule has 0 spiro atoms. The fraction of sp³-hybridized carbons (Fsp3) is 0.500. The zero-order valence-corrected chi connectivity index (χ0v) is 13.8. The molecule has 1 aromatic carbocycles. The van der Waals surface area contributed by atoms with Gasteiger partial charge in [0.15, 0.2) is 0 Å². The number of aliphatic hydroxyl groups is 1. The van der Waals surface area contributed by atoms with Gasteiger partial charge >= 0.3 is 6.03 Å². The molecule has 1 aliphatic heterocycles. The van der Waals surface area contributed by atoms with Crippen LogP contribution in [0.1, 0.15) is 24.5 Å². The molecule has 21 heavy (non-hydrogen) atoms. The van der Waals surface area contributed by atoms with E-state index in [9.17, 15) is 9.90 Å². The highest BCUT2D eigenvalue weighted by Gasteiger charge is 2.18. The van der Waals surface area contributed by atoms with Gasteiger partial charge in [-0.05, 0) is 36.5 Å². The predicted molar refractivity (Wildman–Crippen MR) is 88.3 cm³/mol. The van der Waals surface area contributed by atoms with E-state index >= 15 is 0 Å². The lowest BCUT2D eigenvalue weighted by Gasteiger charge is -2.23. The van der Waals surface area contributed by atoms with Gasteiger partial charge in [0, 0.05) is 28.2 Å². The van der Waals surface area contributed by atoms with E-state index in [2.05, 4.69) is 10.6 Å². The standard InChI is InChI=1S/C14H18Cl2N2O2S/c15-10-2-1-3-11(16)13(10)12(19)8-17-14(20)18-9-4-6-21-7-5-9/h1-3,9,12,19H,4-8H2,(H2,17,18,20). The van der Waals surface area contributed by atoms with Crippen molar-refractivity contribution in [1.29, 1.82) is 0 Å². The highest BCUT2D eigenvalue weighted by atomic mass is 35.5. The van der Waals surface area contributed by atoms with E-state index in [0.29, 0.717) is 15.6 Å². The molecule has 1 aliphatic rings. The monoisotopic (exact) mass is 348 g/mol. The first-order chi connectivity index (χ1) is 10.1. The normalized spacial score (nSPS) is 17.3. The van der Waals surface area contributed by atoms with Crippen LogP contribution in [0.15, 0.2) is 18.2 Å². The smallest absolute Gasteiger partial charge is 0.315 e. The summed E-state index contributed by atoms with van der Waals surface area (Å²) in [6.45, 7) is 0.0662. The lowest BCUT2D eigenvalue weighted by molar-refractivity contribution is 0.172. The van der Waals surface area contributed by atoms with Gasteiger partial charge in [-0.15, -0.1) is 0 Å². The van der Waals surface area contributed by atoms with Gasteiger partial charge in [0.05, 0.1) is 6.10 Å². The van der Waals surface area contributed by atoms with Crippen LogP contribution in [-0.2, 0) is 0 Å². The van der Waals surface area contributed by atoms with Crippen molar-refractivity contribution >= 4 is 41.0 Å². The molecule has 0 aliphatic carbocycles. The Morgan fingerprint density at radius 3 is 2.57 bits per heavy atom. The molecule has 116 valence electrons. The quantitative estimate of drug-likeness (QED) is 0.782. The molecule has 2 rings (SSSR count). The molecule has 3 N–H and O–H groups in total. The Labute approximate surface area is 138 Å². The number of hydrogen-bond acceptors (Lipinski definition) is 3. The Kier molecular flexibility index (Phi) is 6.48. The first kappa shape index (κ1) is 16.7. The Bertz CT molecular complexity index is 476. The van der Waals surface area contributed by atoms with Gasteiger partial charge < -0.3 is 15.7 Å². The summed E-state index contributed by atoms with van der Waals surface area (Å²) in [6.07, 6.45) is 1.03. The number of halogens is 2. The SMILES string of the molecule is O=C(NCC(O)c1c(Cl)cccc1Cl)NC1CCSCC1. The molecule has 1 unspecified atom stereocenters. The molecule has 1 fully saturated rings. The number of hydrogen-bond donors (Lipinski definition) is 3. The minimum Gasteiger partial charge on any atom is -0.386 e. The number of aliphatic hydroxyl groups excluding tert-OH is 1. The highest BCUT2D eigenvalue weighted by molar-refractivity contribution is 7.99. The van der Waals surface area contributed by atoms with E-state index in [4.69, 9.17) is 23.2 Å². The third-order valence-corrected chi connectivity index (χ3v) is 5.05. The van der Waals surface area contributed by atoms with Crippen molar-refractivity contribution in [2.45, 2.75) is 25.0 Å². The number of thioether (sulfide) groups is 1. The second kappa shape index (κ2) is 8.13. The maximum absolute atomic E-state index is 11.8. The minimum absolute atomic E-state index is 0.0662. The molecule has 1 heterocycles. The fourth-order valence-electron chi connectivity index (χ4n) is 2.20. The Morgan fingerprint density at radius 2 is 1.95 bits per heavy atom. The van der Waals surface area contributed by atoms with Crippen molar-refractivity contribution < 1.29 is 9.90 Å². The summed E-state index contributed by atoms with van der Waals surface area (Å²) in [6, 6.07) is 4.97.